The highest BCUT2D eigenvalue weighted by Gasteiger charge is 2.28. The van der Waals surface area contributed by atoms with Crippen molar-refractivity contribution in [3.05, 3.63) is 23.8 Å². The lowest BCUT2D eigenvalue weighted by Gasteiger charge is -2.19. The molecule has 9 heteroatoms. The van der Waals surface area contributed by atoms with Gasteiger partial charge in [-0.15, -0.1) is 0 Å². The first-order valence-corrected chi connectivity index (χ1v) is 9.37. The van der Waals surface area contributed by atoms with E-state index in [9.17, 15) is 13.2 Å². The third-order valence-electron chi connectivity index (χ3n) is 3.77. The smallest absolute Gasteiger partial charge is 0.401 e. The number of aliphatic imine (C=N–C) groups is 1. The zero-order valence-electron chi connectivity index (χ0n) is 17.0. The molecule has 0 radical (unpaired) electrons. The average molecular weight is 404 g/mol. The quantitative estimate of drug-likeness (QED) is 0.439. The van der Waals surface area contributed by atoms with Gasteiger partial charge in [0.15, 0.2) is 17.5 Å². The van der Waals surface area contributed by atoms with Gasteiger partial charge < -0.3 is 20.1 Å². The summed E-state index contributed by atoms with van der Waals surface area (Å²) in [6.45, 7) is 5.29. The third-order valence-corrected chi connectivity index (χ3v) is 3.77. The second kappa shape index (κ2) is 12.3. The van der Waals surface area contributed by atoms with Crippen LogP contribution in [0.1, 0.15) is 19.4 Å². The molecule has 0 bridgehead atoms. The van der Waals surface area contributed by atoms with Crippen LogP contribution in [0.25, 0.3) is 0 Å². The van der Waals surface area contributed by atoms with E-state index in [1.54, 1.807) is 7.05 Å². The van der Waals surface area contributed by atoms with Gasteiger partial charge in [-0.3, -0.25) is 9.89 Å². The number of hydrogen-bond acceptors (Lipinski definition) is 4. The fourth-order valence-electron chi connectivity index (χ4n) is 2.55. The minimum Gasteiger partial charge on any atom is -0.490 e. The first kappa shape index (κ1) is 23.9. The highest BCUT2D eigenvalue weighted by Crippen LogP contribution is 2.28. The molecular weight excluding hydrogens is 373 g/mol. The van der Waals surface area contributed by atoms with Crippen LogP contribution in [-0.2, 0) is 6.42 Å². The van der Waals surface area contributed by atoms with Crippen LogP contribution in [0.4, 0.5) is 13.2 Å². The van der Waals surface area contributed by atoms with Gasteiger partial charge in [0.25, 0.3) is 0 Å². The number of hydrogen-bond donors (Lipinski definition) is 2. The molecule has 6 nitrogen and oxygen atoms in total. The number of guanidine groups is 1. The van der Waals surface area contributed by atoms with Crippen molar-refractivity contribution in [1.82, 2.24) is 15.5 Å². The molecule has 1 aromatic rings. The molecule has 0 saturated carbocycles. The van der Waals surface area contributed by atoms with E-state index in [-0.39, 0.29) is 6.54 Å². The molecule has 0 spiro atoms. The molecule has 0 saturated heterocycles. The van der Waals surface area contributed by atoms with Crippen molar-refractivity contribution in [1.29, 1.82) is 0 Å². The summed E-state index contributed by atoms with van der Waals surface area (Å²) in [4.78, 5) is 5.30. The van der Waals surface area contributed by atoms with E-state index in [4.69, 9.17) is 9.47 Å². The predicted molar refractivity (Wildman–Crippen MR) is 105 cm³/mol. The molecule has 0 aromatic heterocycles. The van der Waals surface area contributed by atoms with Gasteiger partial charge in [-0.05, 0) is 45.0 Å². The minimum atomic E-state index is -4.19. The number of halogens is 3. The van der Waals surface area contributed by atoms with Crippen molar-refractivity contribution in [3.8, 4) is 11.5 Å². The summed E-state index contributed by atoms with van der Waals surface area (Å²) in [7, 11) is 3.06. The molecule has 0 unspecified atom stereocenters. The third kappa shape index (κ3) is 9.68. The van der Waals surface area contributed by atoms with E-state index in [1.165, 1.54) is 11.9 Å². The lowest BCUT2D eigenvalue weighted by molar-refractivity contribution is -0.142. The summed E-state index contributed by atoms with van der Waals surface area (Å²) in [5.41, 5.74) is 1.08. The lowest BCUT2D eigenvalue weighted by atomic mass is 10.1. The van der Waals surface area contributed by atoms with Gasteiger partial charge in [0.05, 0.1) is 19.8 Å². The first-order valence-electron chi connectivity index (χ1n) is 9.37. The van der Waals surface area contributed by atoms with E-state index in [1.807, 2.05) is 32.0 Å². The zero-order chi connectivity index (χ0) is 21.0. The zero-order valence-corrected chi connectivity index (χ0v) is 17.0. The van der Waals surface area contributed by atoms with Gasteiger partial charge in [0, 0.05) is 26.7 Å². The number of ether oxygens (including phenoxy) is 2. The van der Waals surface area contributed by atoms with Crippen LogP contribution in [-0.4, -0.2) is 70.5 Å². The van der Waals surface area contributed by atoms with Crippen molar-refractivity contribution < 1.29 is 22.6 Å². The molecule has 160 valence electrons. The Bertz CT molecular complexity index is 609. The number of alkyl halides is 3. The summed E-state index contributed by atoms with van der Waals surface area (Å²) in [5.74, 6) is 2.00. The molecule has 28 heavy (non-hydrogen) atoms. The average Bonchev–Trinajstić information content (AvgIpc) is 2.61. The fourth-order valence-corrected chi connectivity index (χ4v) is 2.55. The molecule has 0 aliphatic heterocycles. The minimum absolute atomic E-state index is 0.261. The van der Waals surface area contributed by atoms with Crippen LogP contribution in [0.5, 0.6) is 11.5 Å². The number of nitrogens with zero attached hydrogens (tertiary/aromatic N) is 2. The molecule has 0 amide bonds. The number of nitrogens with one attached hydrogen (secondary N) is 2. The fraction of sp³-hybridized carbons (Fsp3) is 0.632. The Morgan fingerprint density at radius 3 is 2.32 bits per heavy atom. The second-order valence-electron chi connectivity index (χ2n) is 6.18. The molecule has 2 N–H and O–H groups in total. The van der Waals surface area contributed by atoms with Gasteiger partial charge in [0.2, 0.25) is 0 Å². The molecule has 0 heterocycles. The SMILES string of the molecule is CCOc1ccc(CCNC(=NC)NCCN(C)CC(F)(F)F)cc1OCC. The van der Waals surface area contributed by atoms with E-state index < -0.39 is 12.7 Å². The van der Waals surface area contributed by atoms with Crippen molar-refractivity contribution in [2.75, 3.05) is 53.5 Å². The van der Waals surface area contributed by atoms with E-state index >= 15 is 0 Å². The summed E-state index contributed by atoms with van der Waals surface area (Å²) in [5, 5.41) is 6.17. The van der Waals surface area contributed by atoms with E-state index in [0.29, 0.717) is 32.3 Å². The van der Waals surface area contributed by atoms with Crippen LogP contribution in [0.3, 0.4) is 0 Å². The summed E-state index contributed by atoms with van der Waals surface area (Å²) in [6, 6.07) is 5.84. The van der Waals surface area contributed by atoms with Gasteiger partial charge in [-0.1, -0.05) is 6.07 Å². The topological polar surface area (TPSA) is 58.1 Å². The van der Waals surface area contributed by atoms with Crippen LogP contribution >= 0.6 is 0 Å². The molecule has 0 aliphatic rings. The summed E-state index contributed by atoms with van der Waals surface area (Å²) < 4.78 is 48.1. The van der Waals surface area contributed by atoms with Crippen LogP contribution in [0.15, 0.2) is 23.2 Å². The van der Waals surface area contributed by atoms with Crippen molar-refractivity contribution >= 4 is 5.96 Å². The Morgan fingerprint density at radius 1 is 1.07 bits per heavy atom. The van der Waals surface area contributed by atoms with Crippen LogP contribution < -0.4 is 20.1 Å². The van der Waals surface area contributed by atoms with Crippen molar-refractivity contribution in [3.63, 3.8) is 0 Å². The number of benzene rings is 1. The van der Waals surface area contributed by atoms with E-state index in [2.05, 4.69) is 15.6 Å². The van der Waals surface area contributed by atoms with Gasteiger partial charge >= 0.3 is 6.18 Å². The molecule has 1 rings (SSSR count). The molecular formula is C19H31F3N4O2. The van der Waals surface area contributed by atoms with Crippen molar-refractivity contribution in [2.45, 2.75) is 26.4 Å². The molecule has 1 aromatic carbocycles. The maximum atomic E-state index is 12.3. The van der Waals surface area contributed by atoms with Gasteiger partial charge in [-0.25, -0.2) is 0 Å². The highest BCUT2D eigenvalue weighted by molar-refractivity contribution is 5.79. The Balaban J connectivity index is 2.43. The van der Waals surface area contributed by atoms with E-state index in [0.717, 1.165) is 23.5 Å². The van der Waals surface area contributed by atoms with Gasteiger partial charge in [-0.2, -0.15) is 13.2 Å². The largest absolute Gasteiger partial charge is 0.490 e. The predicted octanol–water partition coefficient (Wildman–Crippen LogP) is 2.69. The Kier molecular flexibility index (Phi) is 10.5. The van der Waals surface area contributed by atoms with Gasteiger partial charge in [0.1, 0.15) is 0 Å². The normalized spacial score (nSPS) is 12.2. The monoisotopic (exact) mass is 404 g/mol. The van der Waals surface area contributed by atoms with Crippen LogP contribution in [0.2, 0.25) is 0 Å². The maximum Gasteiger partial charge on any atom is 0.401 e. The second-order valence-corrected chi connectivity index (χ2v) is 6.18. The standard InChI is InChI=1S/C19H31F3N4O2/c1-5-27-16-8-7-15(13-17(16)28-6-2)9-10-24-18(23-3)25-11-12-26(4)14-19(20,21)22/h7-8,13H,5-6,9-12,14H2,1-4H3,(H2,23,24,25). The lowest BCUT2D eigenvalue weighted by Crippen LogP contribution is -2.42. The Morgan fingerprint density at radius 2 is 1.71 bits per heavy atom. The van der Waals surface area contributed by atoms with Crippen LogP contribution in [0, 0.1) is 0 Å². The van der Waals surface area contributed by atoms with Crippen molar-refractivity contribution in [2.24, 2.45) is 4.99 Å². The highest BCUT2D eigenvalue weighted by atomic mass is 19.4. The number of likely N-dealkylation sites (N-methyl/N-ethyl adjacent to an activating group) is 1. The summed E-state index contributed by atoms with van der Waals surface area (Å²) in [6.07, 6.45) is -3.45. The first-order chi connectivity index (χ1) is 13.3. The molecule has 0 atom stereocenters. The molecule has 0 fully saturated rings. The Hall–Kier alpha value is -2.16. The number of rotatable bonds is 11. The Labute approximate surface area is 165 Å². The molecule has 0 aliphatic carbocycles. The summed E-state index contributed by atoms with van der Waals surface area (Å²) >= 11 is 0. The maximum absolute atomic E-state index is 12.3.